The predicted octanol–water partition coefficient (Wildman–Crippen LogP) is 14.3. The zero-order valence-corrected chi connectivity index (χ0v) is 29.3. The lowest BCUT2D eigenvalue weighted by molar-refractivity contribution is 1.17. The first-order valence-corrected chi connectivity index (χ1v) is 17.8. The van der Waals surface area contributed by atoms with Gasteiger partial charge < -0.3 is 13.7 Å². The maximum atomic E-state index is 10.1. The van der Waals surface area contributed by atoms with Gasteiger partial charge in [0.1, 0.15) is 0 Å². The molecule has 0 amide bonds. The highest BCUT2D eigenvalue weighted by Gasteiger charge is 2.21. The Hall–Kier alpha value is -7.62. The van der Waals surface area contributed by atoms with Crippen LogP contribution >= 0.6 is 0 Å². The normalized spacial score (nSPS) is 17.3. The average molecular weight is 748 g/mol. The summed E-state index contributed by atoms with van der Waals surface area (Å²) in [4.78, 5) is 0. The van der Waals surface area contributed by atoms with Crippen LogP contribution in [-0.4, -0.2) is 13.7 Å². The van der Waals surface area contributed by atoms with Crippen LogP contribution in [0.15, 0.2) is 212 Å². The summed E-state index contributed by atoms with van der Waals surface area (Å²) in [7, 11) is 0. The second-order valence-electron chi connectivity index (χ2n) is 13.2. The van der Waals surface area contributed by atoms with E-state index in [9.17, 15) is 20.6 Å². The van der Waals surface area contributed by atoms with E-state index in [2.05, 4.69) is 0 Å². The van der Waals surface area contributed by atoms with Gasteiger partial charge in [-0.3, -0.25) is 0 Å². The topological polar surface area (TPSA) is 14.8 Å². The Labute approximate surface area is 360 Å². The minimum absolute atomic E-state index is 0.0603. The van der Waals surface area contributed by atoms with Crippen LogP contribution in [0.2, 0.25) is 0 Å². The average Bonchev–Trinajstić information content (AvgIpc) is 3.34. The second kappa shape index (κ2) is 12.5. The molecule has 3 heterocycles. The molecular formula is C54H35N3. The van der Waals surface area contributed by atoms with E-state index < -0.39 is 166 Å². The summed E-state index contributed by atoms with van der Waals surface area (Å²) < 4.78 is 208. The fraction of sp³-hybridized carbons (Fsp3) is 0. The van der Waals surface area contributed by atoms with Crippen LogP contribution in [0.3, 0.4) is 0 Å². The first-order valence-electron chi connectivity index (χ1n) is 28.8. The van der Waals surface area contributed by atoms with Crippen molar-refractivity contribution in [2.75, 3.05) is 0 Å². The molecular weight excluding hydrogens is 691 g/mol. The summed E-state index contributed by atoms with van der Waals surface area (Å²) >= 11 is 0. The molecule has 3 nitrogen and oxygen atoms in total. The summed E-state index contributed by atoms with van der Waals surface area (Å²) in [6.07, 6.45) is 0. The molecule has 0 bridgehead atoms. The van der Waals surface area contributed by atoms with Crippen molar-refractivity contribution in [3.8, 4) is 39.3 Å². The van der Waals surface area contributed by atoms with E-state index in [4.69, 9.17) is 9.60 Å². The molecule has 3 aromatic heterocycles. The summed E-state index contributed by atoms with van der Waals surface area (Å²) in [5.74, 6) is 0. The molecule has 0 atom stereocenters. The van der Waals surface area contributed by atoms with Gasteiger partial charge in [-0.1, -0.05) is 139 Å². The lowest BCUT2D eigenvalue weighted by Crippen LogP contribution is -1.97. The fourth-order valence-electron chi connectivity index (χ4n) is 7.78. The molecule has 3 heteroatoms. The second-order valence-corrected chi connectivity index (χ2v) is 13.2. The van der Waals surface area contributed by atoms with Gasteiger partial charge in [0.15, 0.2) is 0 Å². The zero-order chi connectivity index (χ0) is 56.6. The van der Waals surface area contributed by atoms with Crippen LogP contribution in [0.25, 0.3) is 105 Å². The van der Waals surface area contributed by atoms with Crippen LogP contribution in [0.1, 0.15) is 30.2 Å². The molecule has 266 valence electrons. The van der Waals surface area contributed by atoms with Gasteiger partial charge in [-0.15, -0.1) is 0 Å². The Morgan fingerprint density at radius 3 is 1.51 bits per heavy atom. The molecule has 0 aliphatic rings. The van der Waals surface area contributed by atoms with Gasteiger partial charge in [-0.05, 0) is 89.3 Å². The molecule has 57 heavy (non-hydrogen) atoms. The molecule has 0 fully saturated rings. The van der Waals surface area contributed by atoms with Gasteiger partial charge in [-0.25, -0.2) is 0 Å². The number of fused-ring (bicyclic) bond motifs is 9. The largest absolute Gasteiger partial charge is 0.309 e. The van der Waals surface area contributed by atoms with Crippen LogP contribution in [0.4, 0.5) is 0 Å². The van der Waals surface area contributed by atoms with Gasteiger partial charge in [0.2, 0.25) is 0 Å². The third-order valence-corrected chi connectivity index (χ3v) is 10.2. The van der Waals surface area contributed by atoms with Gasteiger partial charge in [-0.2, -0.15) is 0 Å². The van der Waals surface area contributed by atoms with Crippen molar-refractivity contribution < 1.29 is 30.2 Å². The first-order chi connectivity index (χ1) is 37.5. The molecule has 0 spiro atoms. The molecule has 9 aromatic carbocycles. The summed E-state index contributed by atoms with van der Waals surface area (Å²) in [6, 6.07) is 6.21. The fourth-order valence-corrected chi connectivity index (χ4v) is 7.78. The van der Waals surface area contributed by atoms with E-state index in [1.54, 1.807) is 42.5 Å². The van der Waals surface area contributed by atoms with E-state index in [-0.39, 0.29) is 55.3 Å². The van der Waals surface area contributed by atoms with E-state index in [1.165, 1.54) is 33.4 Å². The number of hydrogen-bond acceptors (Lipinski definition) is 0. The lowest BCUT2D eigenvalue weighted by atomic mass is 10.0. The number of para-hydroxylation sites is 5. The van der Waals surface area contributed by atoms with Crippen LogP contribution < -0.4 is 0 Å². The van der Waals surface area contributed by atoms with Gasteiger partial charge in [0.05, 0.1) is 74.6 Å². The number of rotatable bonds is 5. The molecule has 0 aliphatic carbocycles. The quantitative estimate of drug-likeness (QED) is 0.167. The Morgan fingerprint density at radius 2 is 0.842 bits per heavy atom. The highest BCUT2D eigenvalue weighted by Crippen LogP contribution is 2.42. The monoisotopic (exact) mass is 747 g/mol. The zero-order valence-electron chi connectivity index (χ0n) is 51.3. The summed E-state index contributed by atoms with van der Waals surface area (Å²) in [5.41, 5.74) is -1.98. The molecule has 0 aliphatic heterocycles. The Balaban J connectivity index is 1.28. The Kier molecular flexibility index (Phi) is 3.72. The predicted molar refractivity (Wildman–Crippen MR) is 240 cm³/mol. The number of benzene rings is 9. The van der Waals surface area contributed by atoms with Crippen LogP contribution in [0, 0.1) is 0 Å². The minimum atomic E-state index is -0.900. The molecule has 12 rings (SSSR count). The van der Waals surface area contributed by atoms with E-state index >= 15 is 0 Å². The molecule has 0 unspecified atom stereocenters. The number of hydrogen-bond donors (Lipinski definition) is 0. The summed E-state index contributed by atoms with van der Waals surface area (Å²) in [6.45, 7) is 0. The first kappa shape index (κ1) is 17.0. The van der Waals surface area contributed by atoms with Crippen molar-refractivity contribution in [1.29, 1.82) is 0 Å². The third kappa shape index (κ3) is 4.73. The lowest BCUT2D eigenvalue weighted by Gasteiger charge is -2.14. The minimum Gasteiger partial charge on any atom is -0.309 e. The molecule has 0 N–H and O–H groups in total. The van der Waals surface area contributed by atoms with Gasteiger partial charge in [0.25, 0.3) is 0 Å². The van der Waals surface area contributed by atoms with Crippen molar-refractivity contribution in [2.45, 2.75) is 0 Å². The SMILES string of the molecule is [2H]c1ccc(-n2c3c([2H])c([2H])c([2H])c([2H])c3c3c(-n4c5c([2H])c([2H])c([2H])c([2H])c5c5c([2H])c(-c6c([2H])c([2H])c7c(c6[2H])c6c([2H])c([2H])c([2H])c([2H])c6n7-c6ccccc6-c6ccccc6)c([2H])c([2H])c54)c([2H])c([2H])c([2H])c32)cc1. The van der Waals surface area contributed by atoms with Crippen LogP contribution in [0.5, 0.6) is 0 Å². The smallest absolute Gasteiger partial charge is 0.0645 e. The van der Waals surface area contributed by atoms with Crippen LogP contribution in [-0.2, 0) is 0 Å². The Bertz CT molecular complexity index is 4790. The molecule has 0 saturated carbocycles. The van der Waals surface area contributed by atoms with Crippen molar-refractivity contribution in [3.63, 3.8) is 0 Å². The van der Waals surface area contributed by atoms with E-state index in [1.807, 2.05) is 12.1 Å². The van der Waals surface area contributed by atoms with Crippen molar-refractivity contribution in [1.82, 2.24) is 13.7 Å². The maximum Gasteiger partial charge on any atom is 0.0645 e. The summed E-state index contributed by atoms with van der Waals surface area (Å²) in [5, 5.41) is -2.08. The highest BCUT2D eigenvalue weighted by atomic mass is 15.0. The number of aromatic nitrogens is 3. The number of nitrogens with zero attached hydrogens (tertiary/aromatic N) is 3. The molecule has 12 aromatic rings. The molecule has 0 saturated heterocycles. The van der Waals surface area contributed by atoms with Crippen molar-refractivity contribution in [3.05, 3.63) is 212 Å². The Morgan fingerprint density at radius 1 is 0.316 bits per heavy atom. The van der Waals surface area contributed by atoms with Gasteiger partial charge >= 0.3 is 0 Å². The standard InChI is InChI=1S/C54H35N3/c1-3-16-36(17-4-1)40-20-7-11-24-46(40)56-47-25-12-8-21-41(47)44-34-37(30-32-50(44)56)38-31-33-51-45(35-38)42-22-9-13-26-48(42)57(51)53-29-15-28-52-54(53)43-23-10-14-27-49(43)55(52)39-18-5-2-6-19-39/h1-35H/i2D,8D,9D,10D,12D,13D,14D,15D,21D,22D,23D,25D,26D,27D,28D,29D,30D,31D,32D,33D,34D,35D. The highest BCUT2D eigenvalue weighted by molar-refractivity contribution is 6.17. The van der Waals surface area contributed by atoms with Gasteiger partial charge in [0, 0.05) is 43.6 Å². The maximum absolute atomic E-state index is 10.1. The third-order valence-electron chi connectivity index (χ3n) is 10.2. The van der Waals surface area contributed by atoms with Crippen molar-refractivity contribution in [2.24, 2.45) is 0 Å². The van der Waals surface area contributed by atoms with E-state index in [0.29, 0.717) is 16.8 Å². The van der Waals surface area contributed by atoms with Crippen molar-refractivity contribution >= 4 is 65.4 Å². The van der Waals surface area contributed by atoms with E-state index in [0.717, 1.165) is 4.57 Å². The molecule has 0 radical (unpaired) electrons.